The number of ether oxygens (including phenoxy) is 1. The summed E-state index contributed by atoms with van der Waals surface area (Å²) in [7, 11) is 0. The second-order valence-corrected chi connectivity index (χ2v) is 9.14. The van der Waals surface area contributed by atoms with Crippen molar-refractivity contribution in [3.8, 4) is 5.75 Å². The van der Waals surface area contributed by atoms with Crippen LogP contribution in [0.15, 0.2) is 72.8 Å². The molecule has 0 aliphatic rings. The zero-order valence-electron chi connectivity index (χ0n) is 20.6. The van der Waals surface area contributed by atoms with E-state index in [1.807, 2.05) is 87.5 Å². The first kappa shape index (κ1) is 26.3. The minimum Gasteiger partial charge on any atom is -0.483 e. The fraction of sp³-hybridized carbons (Fsp3) is 0.310. The Kier molecular flexibility index (Phi) is 9.74. The number of nitrogens with one attached hydrogen (secondary N) is 1. The largest absolute Gasteiger partial charge is 0.483 e. The molecule has 3 aromatic carbocycles. The molecule has 35 heavy (non-hydrogen) atoms. The third kappa shape index (κ3) is 7.86. The van der Waals surface area contributed by atoms with Gasteiger partial charge >= 0.3 is 0 Å². The Labute approximate surface area is 213 Å². The molecule has 6 heteroatoms. The first-order valence-electron chi connectivity index (χ1n) is 11.9. The Morgan fingerprint density at radius 3 is 2.43 bits per heavy atom. The Bertz CT molecular complexity index is 1130. The van der Waals surface area contributed by atoms with Gasteiger partial charge in [-0.25, -0.2) is 0 Å². The number of hydrogen-bond acceptors (Lipinski definition) is 3. The molecule has 184 valence electrons. The fourth-order valence-corrected chi connectivity index (χ4v) is 4.05. The van der Waals surface area contributed by atoms with Gasteiger partial charge in [-0.15, -0.1) is 0 Å². The SMILES string of the molecule is CCCNC(=O)[C@H](Cc1ccccc1)N(Cc1cccc(Cl)c1)C(=O)COc1cc(C)ccc1C. The number of nitrogens with zero attached hydrogens (tertiary/aromatic N) is 1. The van der Waals surface area contributed by atoms with Gasteiger partial charge in [-0.2, -0.15) is 0 Å². The van der Waals surface area contributed by atoms with Crippen molar-refractivity contribution in [2.24, 2.45) is 0 Å². The van der Waals surface area contributed by atoms with Gasteiger partial charge in [0, 0.05) is 24.5 Å². The molecule has 3 rings (SSSR count). The molecule has 0 aromatic heterocycles. The first-order valence-corrected chi connectivity index (χ1v) is 12.3. The van der Waals surface area contributed by atoms with E-state index in [1.54, 1.807) is 11.0 Å². The van der Waals surface area contributed by atoms with E-state index in [2.05, 4.69) is 5.32 Å². The molecule has 1 N–H and O–H groups in total. The van der Waals surface area contributed by atoms with Crippen molar-refractivity contribution in [3.05, 3.63) is 100 Å². The predicted octanol–water partition coefficient (Wildman–Crippen LogP) is 5.50. The summed E-state index contributed by atoms with van der Waals surface area (Å²) in [6.45, 7) is 6.54. The highest BCUT2D eigenvalue weighted by Gasteiger charge is 2.30. The smallest absolute Gasteiger partial charge is 0.261 e. The van der Waals surface area contributed by atoms with Gasteiger partial charge in [-0.1, -0.05) is 73.1 Å². The van der Waals surface area contributed by atoms with Gasteiger partial charge < -0.3 is 15.0 Å². The van der Waals surface area contributed by atoms with E-state index in [0.717, 1.165) is 28.7 Å². The van der Waals surface area contributed by atoms with Crippen molar-refractivity contribution in [2.45, 2.75) is 46.2 Å². The lowest BCUT2D eigenvalue weighted by Gasteiger charge is -2.31. The van der Waals surface area contributed by atoms with Crippen LogP contribution in [-0.4, -0.2) is 35.9 Å². The normalized spacial score (nSPS) is 11.5. The summed E-state index contributed by atoms with van der Waals surface area (Å²) in [6.07, 6.45) is 1.20. The second-order valence-electron chi connectivity index (χ2n) is 8.71. The number of halogens is 1. The summed E-state index contributed by atoms with van der Waals surface area (Å²) in [6, 6.07) is 22.3. The van der Waals surface area contributed by atoms with E-state index in [0.29, 0.717) is 23.7 Å². The van der Waals surface area contributed by atoms with Crippen LogP contribution in [0.2, 0.25) is 5.02 Å². The van der Waals surface area contributed by atoms with Crippen LogP contribution in [0.4, 0.5) is 0 Å². The second kappa shape index (κ2) is 13.0. The maximum atomic E-state index is 13.6. The summed E-state index contributed by atoms with van der Waals surface area (Å²) in [5.41, 5.74) is 3.82. The molecule has 0 aliphatic heterocycles. The third-order valence-corrected chi connectivity index (χ3v) is 5.99. The zero-order valence-corrected chi connectivity index (χ0v) is 21.3. The molecule has 0 unspecified atom stereocenters. The highest BCUT2D eigenvalue weighted by molar-refractivity contribution is 6.30. The van der Waals surface area contributed by atoms with E-state index < -0.39 is 6.04 Å². The minimum absolute atomic E-state index is 0.169. The Balaban J connectivity index is 1.91. The van der Waals surface area contributed by atoms with Gasteiger partial charge in [0.2, 0.25) is 5.91 Å². The number of hydrogen-bond donors (Lipinski definition) is 1. The maximum absolute atomic E-state index is 13.6. The van der Waals surface area contributed by atoms with E-state index >= 15 is 0 Å². The van der Waals surface area contributed by atoms with Crippen LogP contribution >= 0.6 is 11.6 Å². The average Bonchev–Trinajstić information content (AvgIpc) is 2.85. The molecule has 0 heterocycles. The summed E-state index contributed by atoms with van der Waals surface area (Å²) < 4.78 is 5.93. The summed E-state index contributed by atoms with van der Waals surface area (Å²) >= 11 is 6.21. The number of benzene rings is 3. The lowest BCUT2D eigenvalue weighted by atomic mass is 10.0. The summed E-state index contributed by atoms with van der Waals surface area (Å²) in [4.78, 5) is 28.5. The van der Waals surface area contributed by atoms with Crippen LogP contribution in [0.25, 0.3) is 0 Å². The Hall–Kier alpha value is -3.31. The predicted molar refractivity (Wildman–Crippen MR) is 141 cm³/mol. The molecular formula is C29H33ClN2O3. The van der Waals surface area contributed by atoms with Crippen LogP contribution in [0, 0.1) is 13.8 Å². The Morgan fingerprint density at radius 1 is 0.971 bits per heavy atom. The lowest BCUT2D eigenvalue weighted by molar-refractivity contribution is -0.142. The number of amides is 2. The quantitative estimate of drug-likeness (QED) is 0.384. The highest BCUT2D eigenvalue weighted by atomic mass is 35.5. The molecule has 0 fully saturated rings. The number of carbonyl (C=O) groups is 2. The van der Waals surface area contributed by atoms with Crippen molar-refractivity contribution < 1.29 is 14.3 Å². The average molecular weight is 493 g/mol. The van der Waals surface area contributed by atoms with Crippen molar-refractivity contribution in [2.75, 3.05) is 13.2 Å². The monoisotopic (exact) mass is 492 g/mol. The van der Waals surface area contributed by atoms with Crippen molar-refractivity contribution in [3.63, 3.8) is 0 Å². The molecule has 3 aromatic rings. The van der Waals surface area contributed by atoms with E-state index in [9.17, 15) is 9.59 Å². The molecule has 5 nitrogen and oxygen atoms in total. The van der Waals surface area contributed by atoms with Gasteiger partial charge in [0.25, 0.3) is 5.91 Å². The maximum Gasteiger partial charge on any atom is 0.261 e. The molecule has 1 atom stereocenters. The van der Waals surface area contributed by atoms with Gasteiger partial charge in [0.15, 0.2) is 6.61 Å². The van der Waals surface area contributed by atoms with E-state index in [-0.39, 0.29) is 25.0 Å². The summed E-state index contributed by atoms with van der Waals surface area (Å²) in [5, 5.41) is 3.56. The van der Waals surface area contributed by atoms with E-state index in [1.165, 1.54) is 0 Å². The fourth-order valence-electron chi connectivity index (χ4n) is 3.84. The Morgan fingerprint density at radius 2 is 1.71 bits per heavy atom. The minimum atomic E-state index is -0.697. The van der Waals surface area contributed by atoms with Gasteiger partial charge in [-0.3, -0.25) is 9.59 Å². The van der Waals surface area contributed by atoms with Crippen molar-refractivity contribution in [1.29, 1.82) is 0 Å². The van der Waals surface area contributed by atoms with Crippen LogP contribution in [0.3, 0.4) is 0 Å². The lowest BCUT2D eigenvalue weighted by Crippen LogP contribution is -2.51. The number of carbonyl (C=O) groups excluding carboxylic acids is 2. The zero-order chi connectivity index (χ0) is 25.2. The molecular weight excluding hydrogens is 460 g/mol. The standard InChI is InChI=1S/C29H33ClN2O3/c1-4-15-31-29(34)26(18-23-9-6-5-7-10-23)32(19-24-11-8-12-25(30)17-24)28(33)20-35-27-16-21(2)13-14-22(27)3/h5-14,16-17,26H,4,15,18-20H2,1-3H3,(H,31,34)/t26-/m0/s1. The van der Waals surface area contributed by atoms with Gasteiger partial charge in [0.05, 0.1) is 0 Å². The van der Waals surface area contributed by atoms with Crippen LogP contribution in [-0.2, 0) is 22.6 Å². The molecule has 0 radical (unpaired) electrons. The third-order valence-electron chi connectivity index (χ3n) is 5.76. The van der Waals surface area contributed by atoms with Gasteiger partial charge in [0.1, 0.15) is 11.8 Å². The topological polar surface area (TPSA) is 58.6 Å². The molecule has 0 saturated carbocycles. The van der Waals surface area contributed by atoms with Gasteiger partial charge in [-0.05, 0) is 60.7 Å². The van der Waals surface area contributed by atoms with E-state index in [4.69, 9.17) is 16.3 Å². The number of rotatable bonds is 11. The summed E-state index contributed by atoms with van der Waals surface area (Å²) in [5.74, 6) is 0.215. The van der Waals surface area contributed by atoms with Crippen molar-refractivity contribution in [1.82, 2.24) is 10.2 Å². The van der Waals surface area contributed by atoms with Crippen LogP contribution in [0.5, 0.6) is 5.75 Å². The molecule has 0 saturated heterocycles. The first-order chi connectivity index (χ1) is 16.9. The number of aryl methyl sites for hydroxylation is 2. The van der Waals surface area contributed by atoms with Crippen LogP contribution in [0.1, 0.15) is 35.6 Å². The van der Waals surface area contributed by atoms with Crippen LogP contribution < -0.4 is 10.1 Å². The molecule has 0 aliphatic carbocycles. The molecule has 0 bridgehead atoms. The highest BCUT2D eigenvalue weighted by Crippen LogP contribution is 2.21. The molecule has 2 amide bonds. The van der Waals surface area contributed by atoms with Crippen molar-refractivity contribution >= 4 is 23.4 Å². The molecule has 0 spiro atoms.